The van der Waals surface area contributed by atoms with Gasteiger partial charge in [-0.05, 0) is 88.2 Å². The average molecular weight is 391 g/mol. The van der Waals surface area contributed by atoms with Gasteiger partial charge in [0.15, 0.2) is 12.6 Å². The van der Waals surface area contributed by atoms with Gasteiger partial charge in [0.1, 0.15) is 0 Å². The van der Waals surface area contributed by atoms with E-state index in [0.717, 1.165) is 65.0 Å². The Labute approximate surface area is 170 Å². The number of benzene rings is 1. The van der Waals surface area contributed by atoms with E-state index in [1.165, 1.54) is 49.7 Å². The number of rotatable bonds is 12. The van der Waals surface area contributed by atoms with Crippen LogP contribution < -0.4 is 0 Å². The zero-order valence-electron chi connectivity index (χ0n) is 17.4. The summed E-state index contributed by atoms with van der Waals surface area (Å²) in [7, 11) is 0. The number of ether oxygens (including phenoxy) is 4. The van der Waals surface area contributed by atoms with Crippen LogP contribution in [-0.2, 0) is 31.8 Å². The van der Waals surface area contributed by atoms with E-state index in [9.17, 15) is 0 Å². The van der Waals surface area contributed by atoms with Crippen LogP contribution in [0.25, 0.3) is 0 Å². The first-order chi connectivity index (χ1) is 13.9. The first-order valence-corrected chi connectivity index (χ1v) is 11.4. The molecule has 1 aromatic rings. The number of aryl methyl sites for hydroxylation is 2. The zero-order valence-corrected chi connectivity index (χ0v) is 17.4. The molecule has 28 heavy (non-hydrogen) atoms. The topological polar surface area (TPSA) is 36.9 Å². The van der Waals surface area contributed by atoms with Crippen molar-refractivity contribution in [2.75, 3.05) is 26.4 Å². The standard InChI is InChI=1S/C24H38O4/c1-2-12-22(14-4-8-18-26-24-16-6-10-20-28-24)21(11-1)13-3-7-17-25-23-15-5-9-19-27-23/h1-2,11-12,23-24H,3-10,13-20H2. The maximum Gasteiger partial charge on any atom is 0.157 e. The highest BCUT2D eigenvalue weighted by molar-refractivity contribution is 5.27. The predicted molar refractivity (Wildman–Crippen MR) is 111 cm³/mol. The molecule has 0 aromatic heterocycles. The molecule has 158 valence electrons. The fraction of sp³-hybridized carbons (Fsp3) is 0.750. The molecular weight excluding hydrogens is 352 g/mol. The quantitative estimate of drug-likeness (QED) is 0.447. The minimum absolute atomic E-state index is 0.0438. The van der Waals surface area contributed by atoms with E-state index in [2.05, 4.69) is 24.3 Å². The smallest absolute Gasteiger partial charge is 0.157 e. The van der Waals surface area contributed by atoms with Crippen molar-refractivity contribution in [3.05, 3.63) is 35.4 Å². The monoisotopic (exact) mass is 390 g/mol. The maximum absolute atomic E-state index is 5.85. The molecule has 0 aliphatic carbocycles. The number of hydrogen-bond acceptors (Lipinski definition) is 4. The SMILES string of the molecule is c1ccc(CCCCOC2CCCCO2)c(CCCCOC2CCCCO2)c1. The molecule has 2 unspecified atom stereocenters. The van der Waals surface area contributed by atoms with Crippen molar-refractivity contribution in [1.29, 1.82) is 0 Å². The Hall–Kier alpha value is -0.940. The van der Waals surface area contributed by atoms with E-state index >= 15 is 0 Å². The van der Waals surface area contributed by atoms with E-state index in [0.29, 0.717) is 0 Å². The molecule has 2 saturated heterocycles. The highest BCUT2D eigenvalue weighted by Crippen LogP contribution is 2.18. The summed E-state index contributed by atoms with van der Waals surface area (Å²) in [5.41, 5.74) is 2.99. The van der Waals surface area contributed by atoms with Crippen molar-refractivity contribution >= 4 is 0 Å². The van der Waals surface area contributed by atoms with Crippen LogP contribution in [0.2, 0.25) is 0 Å². The summed E-state index contributed by atoms with van der Waals surface area (Å²) in [5, 5.41) is 0. The molecule has 2 atom stereocenters. The molecule has 2 aliphatic rings. The van der Waals surface area contributed by atoms with Gasteiger partial charge in [-0.2, -0.15) is 0 Å². The van der Waals surface area contributed by atoms with Gasteiger partial charge < -0.3 is 18.9 Å². The summed E-state index contributed by atoms with van der Waals surface area (Å²) >= 11 is 0. The molecule has 2 fully saturated rings. The van der Waals surface area contributed by atoms with Crippen LogP contribution in [0.15, 0.2) is 24.3 Å². The van der Waals surface area contributed by atoms with Crippen LogP contribution in [0.5, 0.6) is 0 Å². The molecule has 0 N–H and O–H groups in total. The Kier molecular flexibility index (Phi) is 10.3. The largest absolute Gasteiger partial charge is 0.353 e. The minimum atomic E-state index is 0.0438. The van der Waals surface area contributed by atoms with E-state index in [1.807, 2.05) is 0 Å². The predicted octanol–water partition coefficient (Wildman–Crippen LogP) is 5.42. The lowest BCUT2D eigenvalue weighted by atomic mass is 9.98. The Morgan fingerprint density at radius 2 is 1.18 bits per heavy atom. The second-order valence-corrected chi connectivity index (χ2v) is 8.02. The van der Waals surface area contributed by atoms with Crippen molar-refractivity contribution in [3.63, 3.8) is 0 Å². The van der Waals surface area contributed by atoms with Crippen molar-refractivity contribution in [3.8, 4) is 0 Å². The van der Waals surface area contributed by atoms with Crippen LogP contribution in [0.4, 0.5) is 0 Å². The molecule has 0 spiro atoms. The molecule has 1 aromatic carbocycles. The second-order valence-electron chi connectivity index (χ2n) is 8.02. The van der Waals surface area contributed by atoms with Crippen LogP contribution in [0.3, 0.4) is 0 Å². The molecule has 0 radical (unpaired) electrons. The second kappa shape index (κ2) is 13.3. The fourth-order valence-electron chi connectivity index (χ4n) is 4.00. The summed E-state index contributed by atoms with van der Waals surface area (Å²) in [6.07, 6.45) is 13.8. The van der Waals surface area contributed by atoms with E-state index in [-0.39, 0.29) is 12.6 Å². The lowest BCUT2D eigenvalue weighted by Gasteiger charge is -2.22. The van der Waals surface area contributed by atoms with Crippen molar-refractivity contribution in [2.24, 2.45) is 0 Å². The molecule has 0 saturated carbocycles. The van der Waals surface area contributed by atoms with Crippen LogP contribution in [-0.4, -0.2) is 39.0 Å². The van der Waals surface area contributed by atoms with E-state index < -0.39 is 0 Å². The number of unbranched alkanes of at least 4 members (excludes halogenated alkanes) is 2. The third kappa shape index (κ3) is 8.20. The Balaban J connectivity index is 1.26. The Morgan fingerprint density at radius 1 is 0.679 bits per heavy atom. The highest BCUT2D eigenvalue weighted by Gasteiger charge is 2.14. The summed E-state index contributed by atoms with van der Waals surface area (Å²) in [4.78, 5) is 0. The van der Waals surface area contributed by atoms with Gasteiger partial charge in [-0.15, -0.1) is 0 Å². The zero-order chi connectivity index (χ0) is 19.3. The molecule has 4 heteroatoms. The van der Waals surface area contributed by atoms with Crippen LogP contribution in [0.1, 0.15) is 75.3 Å². The van der Waals surface area contributed by atoms with Crippen LogP contribution in [0, 0.1) is 0 Å². The third-order valence-electron chi connectivity index (χ3n) is 5.68. The van der Waals surface area contributed by atoms with E-state index in [4.69, 9.17) is 18.9 Å². The van der Waals surface area contributed by atoms with Crippen molar-refractivity contribution in [1.82, 2.24) is 0 Å². The van der Waals surface area contributed by atoms with Gasteiger partial charge in [-0.3, -0.25) is 0 Å². The molecule has 0 amide bonds. The Bertz CT molecular complexity index is 474. The summed E-state index contributed by atoms with van der Waals surface area (Å²) in [6, 6.07) is 8.89. The normalized spacial score (nSPS) is 23.0. The molecule has 3 rings (SSSR count). The molecular formula is C24H38O4. The number of hydrogen-bond donors (Lipinski definition) is 0. The molecule has 4 nitrogen and oxygen atoms in total. The minimum Gasteiger partial charge on any atom is -0.353 e. The first kappa shape index (κ1) is 21.8. The third-order valence-corrected chi connectivity index (χ3v) is 5.68. The molecule has 0 bridgehead atoms. The maximum atomic E-state index is 5.85. The van der Waals surface area contributed by atoms with Gasteiger partial charge in [0.25, 0.3) is 0 Å². The summed E-state index contributed by atoms with van der Waals surface area (Å²) in [5.74, 6) is 0. The van der Waals surface area contributed by atoms with Gasteiger partial charge in [0.2, 0.25) is 0 Å². The van der Waals surface area contributed by atoms with Gasteiger partial charge >= 0.3 is 0 Å². The Morgan fingerprint density at radius 3 is 1.61 bits per heavy atom. The van der Waals surface area contributed by atoms with Crippen molar-refractivity contribution < 1.29 is 18.9 Å². The highest BCUT2D eigenvalue weighted by atomic mass is 16.7. The lowest BCUT2D eigenvalue weighted by molar-refractivity contribution is -0.163. The summed E-state index contributed by atoms with van der Waals surface area (Å²) < 4.78 is 22.9. The van der Waals surface area contributed by atoms with Crippen molar-refractivity contribution in [2.45, 2.75) is 89.6 Å². The van der Waals surface area contributed by atoms with E-state index in [1.54, 1.807) is 0 Å². The average Bonchev–Trinajstić information content (AvgIpc) is 2.76. The lowest BCUT2D eigenvalue weighted by Crippen LogP contribution is -2.22. The molecule has 2 aliphatic heterocycles. The first-order valence-electron chi connectivity index (χ1n) is 11.4. The molecule has 2 heterocycles. The fourth-order valence-corrected chi connectivity index (χ4v) is 4.00. The van der Waals surface area contributed by atoms with Gasteiger partial charge in [0, 0.05) is 26.4 Å². The van der Waals surface area contributed by atoms with Crippen LogP contribution >= 0.6 is 0 Å². The van der Waals surface area contributed by atoms with Gasteiger partial charge in [-0.25, -0.2) is 0 Å². The summed E-state index contributed by atoms with van der Waals surface area (Å²) in [6.45, 7) is 3.34. The van der Waals surface area contributed by atoms with Gasteiger partial charge in [0.05, 0.1) is 0 Å². The van der Waals surface area contributed by atoms with Gasteiger partial charge in [-0.1, -0.05) is 24.3 Å².